The van der Waals surface area contributed by atoms with Gasteiger partial charge in [0.1, 0.15) is 5.69 Å². The zero-order valence-electron chi connectivity index (χ0n) is 14.9. The number of hydrogen-bond acceptors (Lipinski definition) is 3. The molecule has 27 heavy (non-hydrogen) atoms. The summed E-state index contributed by atoms with van der Waals surface area (Å²) in [6.45, 7) is 1.17. The quantitative estimate of drug-likeness (QED) is 0.667. The van der Waals surface area contributed by atoms with Crippen molar-refractivity contribution in [3.8, 4) is 0 Å². The van der Waals surface area contributed by atoms with Crippen molar-refractivity contribution in [3.63, 3.8) is 0 Å². The zero-order chi connectivity index (χ0) is 19.1. The average molecular weight is 363 g/mol. The molecule has 0 bridgehead atoms. The number of aryl methyl sites for hydroxylation is 1. The Morgan fingerprint density at radius 1 is 0.889 bits per heavy atom. The molecule has 1 heterocycles. The molecule has 0 fully saturated rings. The number of benzene rings is 2. The molecule has 6 nitrogen and oxygen atoms in total. The highest BCUT2D eigenvalue weighted by Crippen LogP contribution is 2.13. The van der Waals surface area contributed by atoms with Gasteiger partial charge in [-0.1, -0.05) is 60.7 Å². The van der Waals surface area contributed by atoms with Crippen LogP contribution in [0.2, 0.25) is 0 Å². The maximum absolute atomic E-state index is 13.0. The van der Waals surface area contributed by atoms with Crippen LogP contribution >= 0.6 is 0 Å². The summed E-state index contributed by atoms with van der Waals surface area (Å²) in [4.78, 5) is 25.5. The SMILES string of the molecule is O=C(O)CCn1ccc(C(=O)N(Cc2ccccc2)Cc2ccccc2)n1. The van der Waals surface area contributed by atoms with Crippen molar-refractivity contribution in [1.82, 2.24) is 14.7 Å². The third kappa shape index (κ3) is 5.28. The minimum atomic E-state index is -0.895. The van der Waals surface area contributed by atoms with E-state index in [2.05, 4.69) is 5.10 Å². The molecular formula is C21H21N3O3. The molecule has 1 N–H and O–H groups in total. The van der Waals surface area contributed by atoms with E-state index in [9.17, 15) is 9.59 Å². The highest BCUT2D eigenvalue weighted by Gasteiger charge is 2.19. The zero-order valence-corrected chi connectivity index (χ0v) is 14.9. The summed E-state index contributed by atoms with van der Waals surface area (Å²) in [6.07, 6.45) is 1.60. The van der Waals surface area contributed by atoms with Crippen LogP contribution in [-0.4, -0.2) is 31.7 Å². The van der Waals surface area contributed by atoms with E-state index in [0.29, 0.717) is 18.8 Å². The van der Waals surface area contributed by atoms with Gasteiger partial charge in [0.05, 0.1) is 13.0 Å². The monoisotopic (exact) mass is 363 g/mol. The lowest BCUT2D eigenvalue weighted by Crippen LogP contribution is -2.30. The van der Waals surface area contributed by atoms with Gasteiger partial charge in [-0.05, 0) is 17.2 Å². The Morgan fingerprint density at radius 2 is 1.44 bits per heavy atom. The van der Waals surface area contributed by atoms with Crippen LogP contribution in [-0.2, 0) is 24.4 Å². The number of aromatic nitrogens is 2. The summed E-state index contributed by atoms with van der Waals surface area (Å²) in [5.41, 5.74) is 2.38. The van der Waals surface area contributed by atoms with Gasteiger partial charge in [-0.3, -0.25) is 14.3 Å². The van der Waals surface area contributed by atoms with Gasteiger partial charge in [-0.25, -0.2) is 0 Å². The first-order valence-electron chi connectivity index (χ1n) is 8.74. The van der Waals surface area contributed by atoms with E-state index < -0.39 is 5.97 Å². The number of carboxylic acids is 1. The largest absolute Gasteiger partial charge is 0.481 e. The Hall–Kier alpha value is -3.41. The van der Waals surface area contributed by atoms with Gasteiger partial charge >= 0.3 is 5.97 Å². The molecule has 3 aromatic rings. The molecule has 0 aliphatic carbocycles. The maximum atomic E-state index is 13.0. The minimum absolute atomic E-state index is 0.0347. The summed E-state index contributed by atoms with van der Waals surface area (Å²) in [7, 11) is 0. The molecule has 0 aliphatic rings. The molecule has 0 unspecified atom stereocenters. The Kier molecular flexibility index (Phi) is 5.99. The first kappa shape index (κ1) is 18.4. The molecule has 0 saturated heterocycles. The van der Waals surface area contributed by atoms with E-state index in [1.807, 2.05) is 60.7 Å². The number of carbonyl (C=O) groups excluding carboxylic acids is 1. The smallest absolute Gasteiger partial charge is 0.305 e. The van der Waals surface area contributed by atoms with Gasteiger partial charge in [-0.2, -0.15) is 5.10 Å². The van der Waals surface area contributed by atoms with Gasteiger partial charge < -0.3 is 10.0 Å². The van der Waals surface area contributed by atoms with Crippen molar-refractivity contribution >= 4 is 11.9 Å². The Morgan fingerprint density at radius 3 is 1.96 bits per heavy atom. The topological polar surface area (TPSA) is 75.4 Å². The number of amides is 1. The number of carbonyl (C=O) groups is 2. The second kappa shape index (κ2) is 8.80. The van der Waals surface area contributed by atoms with Crippen LogP contribution in [0.15, 0.2) is 72.9 Å². The second-order valence-electron chi connectivity index (χ2n) is 6.24. The molecule has 3 rings (SSSR count). The lowest BCUT2D eigenvalue weighted by atomic mass is 10.1. The van der Waals surface area contributed by atoms with Crippen LogP contribution in [0.5, 0.6) is 0 Å². The lowest BCUT2D eigenvalue weighted by molar-refractivity contribution is -0.137. The average Bonchev–Trinajstić information content (AvgIpc) is 3.16. The molecule has 1 amide bonds. The highest BCUT2D eigenvalue weighted by molar-refractivity contribution is 5.92. The standard InChI is InChI=1S/C21H21N3O3/c25-20(26)12-14-24-13-11-19(22-24)21(27)23(15-17-7-3-1-4-8-17)16-18-9-5-2-6-10-18/h1-11,13H,12,14-16H2,(H,25,26). The molecule has 138 valence electrons. The Balaban J connectivity index is 1.78. The molecule has 0 radical (unpaired) electrons. The second-order valence-corrected chi connectivity index (χ2v) is 6.24. The van der Waals surface area contributed by atoms with E-state index in [0.717, 1.165) is 11.1 Å². The fraction of sp³-hybridized carbons (Fsp3) is 0.190. The summed E-state index contributed by atoms with van der Waals surface area (Å²) < 4.78 is 1.49. The normalized spacial score (nSPS) is 10.5. The van der Waals surface area contributed by atoms with Crippen LogP contribution in [0.3, 0.4) is 0 Å². The van der Waals surface area contributed by atoms with Gasteiger partial charge in [-0.15, -0.1) is 0 Å². The molecule has 1 aromatic heterocycles. The van der Waals surface area contributed by atoms with E-state index in [4.69, 9.17) is 5.11 Å². The van der Waals surface area contributed by atoms with E-state index in [-0.39, 0.29) is 18.9 Å². The molecule has 6 heteroatoms. The van der Waals surface area contributed by atoms with Gasteiger partial charge in [0.25, 0.3) is 5.91 Å². The lowest BCUT2D eigenvalue weighted by Gasteiger charge is -2.22. The van der Waals surface area contributed by atoms with Crippen molar-refractivity contribution in [2.24, 2.45) is 0 Å². The predicted octanol–water partition coefficient (Wildman–Crippen LogP) is 3.20. The number of rotatable bonds is 8. The molecule has 0 atom stereocenters. The number of hydrogen-bond donors (Lipinski definition) is 1. The predicted molar refractivity (Wildman–Crippen MR) is 101 cm³/mol. The molecule has 0 aliphatic heterocycles. The van der Waals surface area contributed by atoms with Crippen LogP contribution in [0.25, 0.3) is 0 Å². The van der Waals surface area contributed by atoms with E-state index >= 15 is 0 Å². The summed E-state index contributed by atoms with van der Waals surface area (Å²) >= 11 is 0. The number of nitrogens with zero attached hydrogens (tertiary/aromatic N) is 3. The van der Waals surface area contributed by atoms with E-state index in [1.165, 1.54) is 4.68 Å². The molecule has 2 aromatic carbocycles. The minimum Gasteiger partial charge on any atom is -0.481 e. The van der Waals surface area contributed by atoms with Gasteiger partial charge in [0.15, 0.2) is 0 Å². The first-order valence-corrected chi connectivity index (χ1v) is 8.74. The fourth-order valence-electron chi connectivity index (χ4n) is 2.78. The van der Waals surface area contributed by atoms with Crippen LogP contribution in [0.1, 0.15) is 28.0 Å². The summed E-state index contributed by atoms with van der Waals surface area (Å²) in [6, 6.07) is 21.2. The Bertz CT molecular complexity index is 850. The van der Waals surface area contributed by atoms with Crippen molar-refractivity contribution in [1.29, 1.82) is 0 Å². The van der Waals surface area contributed by atoms with Crippen molar-refractivity contribution in [2.45, 2.75) is 26.1 Å². The third-order valence-corrected chi connectivity index (χ3v) is 4.13. The van der Waals surface area contributed by atoms with Gasteiger partial charge in [0, 0.05) is 19.3 Å². The molecular weight excluding hydrogens is 342 g/mol. The third-order valence-electron chi connectivity index (χ3n) is 4.13. The van der Waals surface area contributed by atoms with Gasteiger partial charge in [0.2, 0.25) is 0 Å². The first-order chi connectivity index (χ1) is 13.1. The van der Waals surface area contributed by atoms with E-state index in [1.54, 1.807) is 17.2 Å². The molecule has 0 spiro atoms. The molecule has 0 saturated carbocycles. The van der Waals surface area contributed by atoms with Crippen LogP contribution in [0, 0.1) is 0 Å². The number of aliphatic carboxylic acids is 1. The number of carboxylic acid groups (broad SMARTS) is 1. The maximum Gasteiger partial charge on any atom is 0.305 e. The van der Waals surface area contributed by atoms with Crippen molar-refractivity contribution in [3.05, 3.63) is 89.7 Å². The van der Waals surface area contributed by atoms with Crippen LogP contribution in [0.4, 0.5) is 0 Å². The fourth-order valence-corrected chi connectivity index (χ4v) is 2.78. The Labute approximate surface area is 157 Å². The summed E-state index contributed by atoms with van der Waals surface area (Å²) in [5.74, 6) is -1.08. The van der Waals surface area contributed by atoms with Crippen LogP contribution < -0.4 is 0 Å². The van der Waals surface area contributed by atoms with Crippen molar-refractivity contribution in [2.75, 3.05) is 0 Å². The summed E-state index contributed by atoms with van der Waals surface area (Å²) in [5, 5.41) is 13.0. The van der Waals surface area contributed by atoms with Crippen molar-refractivity contribution < 1.29 is 14.7 Å². The highest BCUT2D eigenvalue weighted by atomic mass is 16.4.